The zero-order valence-electron chi connectivity index (χ0n) is 11.3. The molecule has 0 saturated heterocycles. The van der Waals surface area contributed by atoms with E-state index >= 15 is 0 Å². The number of rotatable bonds is 4. The van der Waals surface area contributed by atoms with E-state index in [4.69, 9.17) is 4.98 Å². The van der Waals surface area contributed by atoms with Gasteiger partial charge in [0, 0.05) is 22.2 Å². The Labute approximate surface area is 122 Å². The molecule has 4 heteroatoms. The van der Waals surface area contributed by atoms with Gasteiger partial charge in [-0.1, -0.05) is 41.9 Å². The maximum absolute atomic E-state index is 4.73. The molecule has 0 aliphatic heterocycles. The van der Waals surface area contributed by atoms with Gasteiger partial charge in [0.15, 0.2) is 0 Å². The van der Waals surface area contributed by atoms with E-state index in [-0.39, 0.29) is 0 Å². The van der Waals surface area contributed by atoms with Crippen molar-refractivity contribution in [3.63, 3.8) is 0 Å². The van der Waals surface area contributed by atoms with Gasteiger partial charge in [-0.2, -0.15) is 0 Å². The van der Waals surface area contributed by atoms with Gasteiger partial charge in [0.1, 0.15) is 5.82 Å². The summed E-state index contributed by atoms with van der Waals surface area (Å²) in [5.74, 6) is 1.70. The molecule has 100 valence electrons. The first kappa shape index (κ1) is 12.9. The molecule has 3 nitrogen and oxygen atoms in total. The maximum Gasteiger partial charge on any atom is 0.121 e. The molecule has 0 bridgehead atoms. The van der Waals surface area contributed by atoms with E-state index in [1.165, 1.54) is 21.3 Å². The van der Waals surface area contributed by atoms with E-state index in [1.54, 1.807) is 0 Å². The molecule has 1 aliphatic rings. The Morgan fingerprint density at radius 2 is 2.26 bits per heavy atom. The van der Waals surface area contributed by atoms with Crippen molar-refractivity contribution in [2.24, 2.45) is 5.92 Å². The number of aromatic amines is 1. The van der Waals surface area contributed by atoms with Gasteiger partial charge in [-0.25, -0.2) is 4.98 Å². The van der Waals surface area contributed by atoms with Crippen LogP contribution in [0.5, 0.6) is 0 Å². The summed E-state index contributed by atoms with van der Waals surface area (Å²) in [7, 11) is 0. The molecule has 1 aromatic heterocycles. The number of aromatic nitrogens is 2. The Kier molecular flexibility index (Phi) is 3.46. The second-order valence-electron chi connectivity index (χ2n) is 5.48. The van der Waals surface area contributed by atoms with E-state index in [9.17, 15) is 0 Å². The van der Waals surface area contributed by atoms with Crippen LogP contribution < -0.4 is 5.32 Å². The Hall–Kier alpha value is -1.13. The minimum atomic E-state index is 0.665. The second-order valence-corrected chi connectivity index (χ2v) is 6.33. The molecule has 0 spiro atoms. The fourth-order valence-electron chi connectivity index (χ4n) is 2.51. The number of nitrogens with one attached hydrogen (secondary N) is 2. The van der Waals surface area contributed by atoms with Crippen molar-refractivity contribution in [2.75, 3.05) is 6.54 Å². The normalized spacial score (nSPS) is 12.8. The molecule has 0 fully saturated rings. The molecule has 0 saturated carbocycles. The Bertz CT molecular complexity index is 601. The van der Waals surface area contributed by atoms with Gasteiger partial charge in [0.2, 0.25) is 0 Å². The molecule has 2 N–H and O–H groups in total. The highest BCUT2D eigenvalue weighted by Gasteiger charge is 2.24. The Morgan fingerprint density at radius 3 is 3.05 bits per heavy atom. The lowest BCUT2D eigenvalue weighted by molar-refractivity contribution is 0.544. The van der Waals surface area contributed by atoms with Crippen LogP contribution in [0.2, 0.25) is 0 Å². The molecule has 1 heterocycles. The molecule has 2 aromatic rings. The fourth-order valence-corrected chi connectivity index (χ4v) is 3.02. The van der Waals surface area contributed by atoms with E-state index in [0.717, 1.165) is 31.0 Å². The van der Waals surface area contributed by atoms with Gasteiger partial charge < -0.3 is 10.3 Å². The average molecular weight is 320 g/mol. The Morgan fingerprint density at radius 1 is 1.42 bits per heavy atom. The van der Waals surface area contributed by atoms with Crippen LogP contribution in [-0.4, -0.2) is 16.5 Å². The summed E-state index contributed by atoms with van der Waals surface area (Å²) in [6.07, 6.45) is 0.948. The van der Waals surface area contributed by atoms with Crippen LogP contribution in [0.3, 0.4) is 0 Å². The molecule has 0 atom stereocenters. The summed E-state index contributed by atoms with van der Waals surface area (Å²) in [5, 5.41) is 3.42. The standard InChI is InChI=1S/C15H18BrN3/c1-9(2)7-17-8-14-18-13-6-11-10(15(13)19-14)4-3-5-12(11)16/h3-5,9,17H,6-8H2,1-2H3,(H,18,19). The molecule has 0 radical (unpaired) electrons. The third-order valence-corrected chi connectivity index (χ3v) is 4.14. The van der Waals surface area contributed by atoms with Crippen molar-refractivity contribution in [1.29, 1.82) is 0 Å². The van der Waals surface area contributed by atoms with Crippen LogP contribution in [0, 0.1) is 5.92 Å². The molecule has 3 rings (SSSR count). The van der Waals surface area contributed by atoms with Gasteiger partial charge >= 0.3 is 0 Å². The van der Waals surface area contributed by atoms with Crippen LogP contribution in [0.15, 0.2) is 22.7 Å². The van der Waals surface area contributed by atoms with E-state index in [2.05, 4.69) is 58.3 Å². The predicted molar refractivity (Wildman–Crippen MR) is 81.1 cm³/mol. The lowest BCUT2D eigenvalue weighted by Gasteiger charge is -2.05. The fraction of sp³-hybridized carbons (Fsp3) is 0.400. The maximum atomic E-state index is 4.73. The highest BCUT2D eigenvalue weighted by molar-refractivity contribution is 9.10. The minimum absolute atomic E-state index is 0.665. The van der Waals surface area contributed by atoms with Crippen molar-refractivity contribution < 1.29 is 0 Å². The summed E-state index contributed by atoms with van der Waals surface area (Å²) < 4.78 is 1.18. The first-order valence-electron chi connectivity index (χ1n) is 6.71. The number of nitrogens with zero attached hydrogens (tertiary/aromatic N) is 1. The average Bonchev–Trinajstić information content (AvgIpc) is 2.87. The van der Waals surface area contributed by atoms with Gasteiger partial charge in [0.25, 0.3) is 0 Å². The van der Waals surface area contributed by atoms with Crippen molar-refractivity contribution in [1.82, 2.24) is 15.3 Å². The highest BCUT2D eigenvalue weighted by Crippen LogP contribution is 2.38. The molecule has 0 amide bonds. The zero-order valence-corrected chi connectivity index (χ0v) is 12.8. The number of halogens is 1. The predicted octanol–water partition coefficient (Wildman–Crippen LogP) is 3.49. The van der Waals surface area contributed by atoms with Gasteiger partial charge in [-0.05, 0) is 24.1 Å². The number of fused-ring (bicyclic) bond motifs is 3. The quantitative estimate of drug-likeness (QED) is 0.772. The summed E-state index contributed by atoms with van der Waals surface area (Å²) in [6, 6.07) is 6.32. The number of H-pyrrole nitrogens is 1. The third kappa shape index (κ3) is 2.47. The van der Waals surface area contributed by atoms with E-state index in [0.29, 0.717) is 5.92 Å². The number of benzene rings is 1. The summed E-state index contributed by atoms with van der Waals surface area (Å²) >= 11 is 3.61. The SMILES string of the molecule is CC(C)CNCc1nc2c([nH]1)Cc1c(Br)cccc1-2. The molecule has 19 heavy (non-hydrogen) atoms. The number of hydrogen-bond donors (Lipinski definition) is 2. The zero-order chi connectivity index (χ0) is 13.4. The van der Waals surface area contributed by atoms with Crippen LogP contribution in [-0.2, 0) is 13.0 Å². The Balaban J connectivity index is 1.80. The lowest BCUT2D eigenvalue weighted by atomic mass is 10.1. The summed E-state index contributed by atoms with van der Waals surface area (Å²) in [6.45, 7) is 6.26. The smallest absolute Gasteiger partial charge is 0.121 e. The summed E-state index contributed by atoms with van der Waals surface area (Å²) in [5.41, 5.74) is 4.97. The van der Waals surface area contributed by atoms with Crippen LogP contribution in [0.1, 0.15) is 30.9 Å². The monoisotopic (exact) mass is 319 g/mol. The van der Waals surface area contributed by atoms with Crippen LogP contribution in [0.4, 0.5) is 0 Å². The summed E-state index contributed by atoms with van der Waals surface area (Å²) in [4.78, 5) is 8.18. The minimum Gasteiger partial charge on any atom is -0.344 e. The number of imidazole rings is 1. The van der Waals surface area contributed by atoms with Crippen LogP contribution >= 0.6 is 15.9 Å². The largest absolute Gasteiger partial charge is 0.344 e. The molecule has 1 aromatic carbocycles. The van der Waals surface area contributed by atoms with Gasteiger partial charge in [0.05, 0.1) is 12.2 Å². The molecular weight excluding hydrogens is 302 g/mol. The number of hydrogen-bond acceptors (Lipinski definition) is 2. The van der Waals surface area contributed by atoms with Gasteiger partial charge in [-0.15, -0.1) is 0 Å². The molecule has 0 unspecified atom stereocenters. The van der Waals surface area contributed by atoms with E-state index < -0.39 is 0 Å². The van der Waals surface area contributed by atoms with E-state index in [1.807, 2.05) is 0 Å². The van der Waals surface area contributed by atoms with Crippen LogP contribution in [0.25, 0.3) is 11.3 Å². The van der Waals surface area contributed by atoms with Crippen molar-refractivity contribution in [3.8, 4) is 11.3 Å². The molecule has 1 aliphatic carbocycles. The van der Waals surface area contributed by atoms with Crippen molar-refractivity contribution in [3.05, 3.63) is 39.8 Å². The second kappa shape index (κ2) is 5.10. The lowest BCUT2D eigenvalue weighted by Crippen LogP contribution is -2.19. The first-order valence-corrected chi connectivity index (χ1v) is 7.50. The van der Waals surface area contributed by atoms with Crippen molar-refractivity contribution in [2.45, 2.75) is 26.8 Å². The first-order chi connectivity index (χ1) is 9.15. The third-order valence-electron chi connectivity index (χ3n) is 3.40. The van der Waals surface area contributed by atoms with Gasteiger partial charge in [-0.3, -0.25) is 0 Å². The van der Waals surface area contributed by atoms with Crippen molar-refractivity contribution >= 4 is 15.9 Å². The molecular formula is C15H18BrN3. The topological polar surface area (TPSA) is 40.7 Å². The highest BCUT2D eigenvalue weighted by atomic mass is 79.9.